The number of piperazine rings is 1. The first-order valence-electron chi connectivity index (χ1n) is 8.54. The molecule has 1 aliphatic heterocycles. The minimum absolute atomic E-state index is 0.0362. The van der Waals surface area contributed by atoms with Crippen LogP contribution in [0.15, 0.2) is 48.5 Å². The third-order valence-corrected chi connectivity index (χ3v) is 4.78. The van der Waals surface area contributed by atoms with Gasteiger partial charge in [0.05, 0.1) is 13.0 Å². The van der Waals surface area contributed by atoms with Gasteiger partial charge in [-0.25, -0.2) is 4.39 Å². The van der Waals surface area contributed by atoms with Gasteiger partial charge in [-0.1, -0.05) is 23.7 Å². The average Bonchev–Trinajstić information content (AvgIpc) is 2.64. The Bertz CT molecular complexity index is 769. The van der Waals surface area contributed by atoms with Gasteiger partial charge in [-0.2, -0.15) is 0 Å². The molecule has 0 N–H and O–H groups in total. The van der Waals surface area contributed by atoms with E-state index in [1.165, 1.54) is 24.3 Å². The van der Waals surface area contributed by atoms with Crippen molar-refractivity contribution < 1.29 is 14.0 Å². The fraction of sp³-hybridized carbons (Fsp3) is 0.300. The fourth-order valence-electron chi connectivity index (χ4n) is 2.97. The Balaban J connectivity index is 1.47. The van der Waals surface area contributed by atoms with Crippen LogP contribution < -0.4 is 0 Å². The molecule has 26 heavy (non-hydrogen) atoms. The maximum Gasteiger partial charge on any atom is 0.227 e. The highest BCUT2D eigenvalue weighted by molar-refractivity contribution is 6.30. The highest BCUT2D eigenvalue weighted by atomic mass is 35.5. The van der Waals surface area contributed by atoms with Gasteiger partial charge >= 0.3 is 0 Å². The van der Waals surface area contributed by atoms with Crippen molar-refractivity contribution in [1.82, 2.24) is 9.80 Å². The summed E-state index contributed by atoms with van der Waals surface area (Å²) >= 11 is 5.86. The van der Waals surface area contributed by atoms with Gasteiger partial charge in [-0.3, -0.25) is 14.5 Å². The van der Waals surface area contributed by atoms with Crippen molar-refractivity contribution in [3.05, 3.63) is 70.5 Å². The number of hydrogen-bond acceptors (Lipinski definition) is 3. The van der Waals surface area contributed by atoms with Gasteiger partial charge in [0.1, 0.15) is 5.82 Å². The predicted molar refractivity (Wildman–Crippen MR) is 98.9 cm³/mol. The van der Waals surface area contributed by atoms with Gasteiger partial charge in [0, 0.05) is 36.8 Å². The Morgan fingerprint density at radius 2 is 1.54 bits per heavy atom. The number of Topliss-reactive ketones (excluding diaryl/α,β-unsaturated/α-hetero) is 1. The molecule has 6 heteroatoms. The van der Waals surface area contributed by atoms with Crippen molar-refractivity contribution in [2.24, 2.45) is 0 Å². The molecule has 1 saturated heterocycles. The highest BCUT2D eigenvalue weighted by Crippen LogP contribution is 2.12. The van der Waals surface area contributed by atoms with Crippen molar-refractivity contribution in [1.29, 1.82) is 0 Å². The molecule has 0 unspecified atom stereocenters. The van der Waals surface area contributed by atoms with Crippen LogP contribution in [-0.2, 0) is 11.2 Å². The van der Waals surface area contributed by atoms with Gasteiger partial charge < -0.3 is 4.90 Å². The van der Waals surface area contributed by atoms with Crippen molar-refractivity contribution >= 4 is 23.3 Å². The van der Waals surface area contributed by atoms with E-state index in [1.807, 2.05) is 21.9 Å². The van der Waals surface area contributed by atoms with Crippen molar-refractivity contribution in [3.8, 4) is 0 Å². The fourth-order valence-corrected chi connectivity index (χ4v) is 3.10. The lowest BCUT2D eigenvalue weighted by molar-refractivity contribution is -0.132. The molecule has 0 saturated carbocycles. The zero-order chi connectivity index (χ0) is 18.5. The molecule has 2 aromatic rings. The van der Waals surface area contributed by atoms with Crippen LogP contribution in [0.25, 0.3) is 0 Å². The van der Waals surface area contributed by atoms with Gasteiger partial charge in [0.2, 0.25) is 5.91 Å². The topological polar surface area (TPSA) is 40.6 Å². The number of carbonyl (C=O) groups is 2. The summed E-state index contributed by atoms with van der Waals surface area (Å²) in [7, 11) is 0. The van der Waals surface area contributed by atoms with E-state index >= 15 is 0 Å². The summed E-state index contributed by atoms with van der Waals surface area (Å²) in [5.41, 5.74) is 1.45. The number of benzene rings is 2. The second-order valence-electron chi connectivity index (χ2n) is 6.39. The van der Waals surface area contributed by atoms with E-state index in [9.17, 15) is 14.0 Å². The predicted octanol–water partition coefficient (Wildman–Crippen LogP) is 3.05. The first kappa shape index (κ1) is 18.5. The number of ketones is 1. The van der Waals surface area contributed by atoms with Crippen LogP contribution in [0.4, 0.5) is 4.39 Å². The standard InChI is InChI=1S/C20H20ClFN2O2/c21-17-5-1-15(2-6-17)13-20(26)24-11-9-23(10-12-24)14-19(25)16-3-7-18(22)8-4-16/h1-8H,9-14H2. The molecule has 4 nitrogen and oxygen atoms in total. The molecule has 0 atom stereocenters. The van der Waals surface area contributed by atoms with Gasteiger partial charge in [-0.15, -0.1) is 0 Å². The van der Waals surface area contributed by atoms with E-state index in [0.717, 1.165) is 5.56 Å². The second-order valence-corrected chi connectivity index (χ2v) is 6.83. The number of nitrogens with zero attached hydrogens (tertiary/aromatic N) is 2. The SMILES string of the molecule is O=C(CN1CCN(C(=O)Cc2ccc(Cl)cc2)CC1)c1ccc(F)cc1. The molecule has 0 bridgehead atoms. The van der Waals surface area contributed by atoms with Gasteiger partial charge in [0.15, 0.2) is 5.78 Å². The van der Waals surface area contributed by atoms with Gasteiger partial charge in [-0.05, 0) is 42.0 Å². The average molecular weight is 375 g/mol. The first-order chi connectivity index (χ1) is 12.5. The molecule has 0 spiro atoms. The van der Waals surface area contributed by atoms with Crippen LogP contribution in [0.5, 0.6) is 0 Å². The molecule has 0 aliphatic carbocycles. The molecule has 1 fully saturated rings. The zero-order valence-corrected chi connectivity index (χ0v) is 15.1. The summed E-state index contributed by atoms with van der Waals surface area (Å²) in [6.07, 6.45) is 0.353. The maximum atomic E-state index is 12.9. The monoisotopic (exact) mass is 374 g/mol. The lowest BCUT2D eigenvalue weighted by atomic mass is 10.1. The minimum Gasteiger partial charge on any atom is -0.340 e. The normalized spacial score (nSPS) is 15.1. The molecule has 3 rings (SSSR count). The Kier molecular flexibility index (Phi) is 6.01. The highest BCUT2D eigenvalue weighted by Gasteiger charge is 2.22. The van der Waals surface area contributed by atoms with Crippen molar-refractivity contribution in [2.45, 2.75) is 6.42 Å². The number of amides is 1. The summed E-state index contributed by atoms with van der Waals surface area (Å²) < 4.78 is 12.9. The second kappa shape index (κ2) is 8.43. The molecule has 1 aliphatic rings. The minimum atomic E-state index is -0.352. The van der Waals surface area contributed by atoms with Crippen molar-refractivity contribution in [2.75, 3.05) is 32.7 Å². The van der Waals surface area contributed by atoms with Crippen LogP contribution in [0, 0.1) is 5.82 Å². The molecule has 1 amide bonds. The van der Waals surface area contributed by atoms with Crippen LogP contribution in [0.2, 0.25) is 5.02 Å². The molecule has 2 aromatic carbocycles. The molecule has 0 radical (unpaired) electrons. The Morgan fingerprint density at radius 1 is 0.923 bits per heavy atom. The zero-order valence-electron chi connectivity index (χ0n) is 14.3. The maximum absolute atomic E-state index is 12.9. The van der Waals surface area contributed by atoms with E-state index in [-0.39, 0.29) is 24.1 Å². The molecular weight excluding hydrogens is 355 g/mol. The smallest absolute Gasteiger partial charge is 0.227 e. The van der Waals surface area contributed by atoms with E-state index in [1.54, 1.807) is 12.1 Å². The summed E-state index contributed by atoms with van der Waals surface area (Å²) in [6.45, 7) is 2.79. The lowest BCUT2D eigenvalue weighted by Crippen LogP contribution is -2.50. The quantitative estimate of drug-likeness (QED) is 0.755. The Hall–Kier alpha value is -2.24. The summed E-state index contributed by atoms with van der Waals surface area (Å²) in [5, 5.41) is 0.653. The van der Waals surface area contributed by atoms with Crippen LogP contribution in [0.1, 0.15) is 15.9 Å². The van der Waals surface area contributed by atoms with Crippen molar-refractivity contribution in [3.63, 3.8) is 0 Å². The van der Waals surface area contributed by atoms with Gasteiger partial charge in [0.25, 0.3) is 0 Å². The van der Waals surface area contributed by atoms with Crippen LogP contribution in [0.3, 0.4) is 0 Å². The summed E-state index contributed by atoms with van der Waals surface area (Å²) in [6, 6.07) is 12.9. The van der Waals surface area contributed by atoms with Crippen LogP contribution >= 0.6 is 11.6 Å². The lowest BCUT2D eigenvalue weighted by Gasteiger charge is -2.34. The summed E-state index contributed by atoms with van der Waals surface area (Å²) in [5.74, 6) is -0.308. The molecule has 136 valence electrons. The van der Waals surface area contributed by atoms with E-state index in [2.05, 4.69) is 0 Å². The number of carbonyl (C=O) groups excluding carboxylic acids is 2. The molecule has 0 aromatic heterocycles. The largest absolute Gasteiger partial charge is 0.340 e. The third-order valence-electron chi connectivity index (χ3n) is 4.53. The number of rotatable bonds is 5. The molecular formula is C20H20ClFN2O2. The Labute approximate surface area is 157 Å². The summed E-state index contributed by atoms with van der Waals surface area (Å²) in [4.78, 5) is 28.5. The Morgan fingerprint density at radius 3 is 2.15 bits per heavy atom. The third kappa shape index (κ3) is 4.90. The van der Waals surface area contributed by atoms with E-state index < -0.39 is 0 Å². The van der Waals surface area contributed by atoms with Crippen LogP contribution in [-0.4, -0.2) is 54.2 Å². The van der Waals surface area contributed by atoms with E-state index in [4.69, 9.17) is 11.6 Å². The number of halogens is 2. The number of hydrogen-bond donors (Lipinski definition) is 0. The van der Waals surface area contributed by atoms with E-state index in [0.29, 0.717) is 43.2 Å². The first-order valence-corrected chi connectivity index (χ1v) is 8.92. The molecule has 1 heterocycles.